The van der Waals surface area contributed by atoms with Crippen molar-refractivity contribution in [3.63, 3.8) is 0 Å². The molecule has 0 amide bonds. The van der Waals surface area contributed by atoms with Gasteiger partial charge in [-0.05, 0) is 19.3 Å². The number of unbranched alkanes of at least 4 members (excludes halogenated alkanes) is 40. The summed E-state index contributed by atoms with van der Waals surface area (Å²) in [4.78, 5) is 38.0. The summed E-state index contributed by atoms with van der Waals surface area (Å²) < 4.78 is 16.8. The molecule has 0 fully saturated rings. The Morgan fingerprint density at radius 1 is 0.262 bits per heavy atom. The molecule has 1 unspecified atom stereocenters. The molecule has 0 aromatic heterocycles. The first kappa shape index (κ1) is 59.4. The summed E-state index contributed by atoms with van der Waals surface area (Å²) in [6, 6.07) is 0. The van der Waals surface area contributed by atoms with E-state index in [-0.39, 0.29) is 31.1 Å². The van der Waals surface area contributed by atoms with Gasteiger partial charge < -0.3 is 14.2 Å². The largest absolute Gasteiger partial charge is 0.462 e. The van der Waals surface area contributed by atoms with Crippen molar-refractivity contribution >= 4 is 17.9 Å². The molecule has 0 aromatic carbocycles. The Balaban J connectivity index is 4.25. The number of rotatable bonds is 51. The second kappa shape index (κ2) is 51.0. The number of carbonyl (C=O) groups is 3. The van der Waals surface area contributed by atoms with Gasteiger partial charge in [0.15, 0.2) is 6.10 Å². The van der Waals surface area contributed by atoms with Gasteiger partial charge in [0.05, 0.1) is 0 Å². The zero-order valence-electron chi connectivity index (χ0n) is 41.5. The van der Waals surface area contributed by atoms with E-state index in [4.69, 9.17) is 14.2 Å². The quantitative estimate of drug-likeness (QED) is 0.0344. The van der Waals surface area contributed by atoms with Gasteiger partial charge in [-0.2, -0.15) is 0 Å². The molecule has 0 aliphatic heterocycles. The van der Waals surface area contributed by atoms with Crippen molar-refractivity contribution in [2.24, 2.45) is 0 Å². The first-order chi connectivity index (χ1) is 30.0. The second-order valence-corrected chi connectivity index (χ2v) is 18.9. The Hall–Kier alpha value is -1.59. The predicted octanol–water partition coefficient (Wildman–Crippen LogP) is 18.0. The van der Waals surface area contributed by atoms with Crippen molar-refractivity contribution in [3.8, 4) is 0 Å². The molecule has 1 atom stereocenters. The van der Waals surface area contributed by atoms with E-state index in [9.17, 15) is 14.4 Å². The van der Waals surface area contributed by atoms with E-state index in [2.05, 4.69) is 20.8 Å². The maximum atomic E-state index is 12.8. The highest BCUT2D eigenvalue weighted by molar-refractivity contribution is 5.71. The highest BCUT2D eigenvalue weighted by Gasteiger charge is 2.19. The number of carbonyl (C=O) groups excluding carboxylic acids is 3. The Bertz CT molecular complexity index is 905. The van der Waals surface area contributed by atoms with Crippen LogP contribution in [0.3, 0.4) is 0 Å². The average Bonchev–Trinajstić information content (AvgIpc) is 3.26. The molecule has 0 saturated carbocycles. The van der Waals surface area contributed by atoms with Gasteiger partial charge in [0, 0.05) is 19.3 Å². The maximum Gasteiger partial charge on any atom is 0.306 e. The van der Waals surface area contributed by atoms with Crippen LogP contribution in [0.4, 0.5) is 0 Å². The summed E-state index contributed by atoms with van der Waals surface area (Å²) in [5.41, 5.74) is 0. The van der Waals surface area contributed by atoms with E-state index in [1.165, 1.54) is 218 Å². The van der Waals surface area contributed by atoms with Crippen LogP contribution in [0.5, 0.6) is 0 Å². The Kier molecular flexibility index (Phi) is 49.7. The van der Waals surface area contributed by atoms with Crippen LogP contribution in [0.1, 0.15) is 316 Å². The van der Waals surface area contributed by atoms with Crippen molar-refractivity contribution in [1.29, 1.82) is 0 Å². The first-order valence-electron chi connectivity index (χ1n) is 27.5. The van der Waals surface area contributed by atoms with Crippen molar-refractivity contribution in [2.75, 3.05) is 13.2 Å². The summed E-state index contributed by atoms with van der Waals surface area (Å²) in [6.07, 6.45) is 55.2. The molecule has 0 saturated heterocycles. The van der Waals surface area contributed by atoms with E-state index < -0.39 is 6.10 Å². The van der Waals surface area contributed by atoms with E-state index in [1.54, 1.807) is 0 Å². The second-order valence-electron chi connectivity index (χ2n) is 18.9. The summed E-state index contributed by atoms with van der Waals surface area (Å²) in [7, 11) is 0. The highest BCUT2D eigenvalue weighted by Crippen LogP contribution is 2.17. The van der Waals surface area contributed by atoms with Crippen LogP contribution in [0.25, 0.3) is 0 Å². The SMILES string of the molecule is CCCCCCCCCCCCCCCCCCCCC(=O)OCC(COC(=O)CCCCCCCCCCCCC)OC(=O)CCCCCCCCCCCCCCCC. The standard InChI is InChI=1S/C55H106O6/c1-4-7-10-13-16-19-22-24-26-27-28-29-31-33-36-39-42-45-48-54(57)60-51-52(50-59-53(56)47-44-41-38-35-32-21-18-15-12-9-6-3)61-55(58)49-46-43-40-37-34-30-25-23-20-17-14-11-8-5-2/h52H,4-51H2,1-3H3. The molecular weight excluding hydrogens is 757 g/mol. The summed E-state index contributed by atoms with van der Waals surface area (Å²) in [5, 5.41) is 0. The molecule has 362 valence electrons. The predicted molar refractivity (Wildman–Crippen MR) is 261 cm³/mol. The van der Waals surface area contributed by atoms with Crippen molar-refractivity contribution < 1.29 is 28.6 Å². The molecule has 0 aromatic rings. The molecule has 0 aliphatic carbocycles. The minimum absolute atomic E-state index is 0.0614. The number of hydrogen-bond donors (Lipinski definition) is 0. The summed E-state index contributed by atoms with van der Waals surface area (Å²) in [5.74, 6) is -0.837. The molecule has 0 bridgehead atoms. The number of hydrogen-bond acceptors (Lipinski definition) is 6. The topological polar surface area (TPSA) is 78.9 Å². The van der Waals surface area contributed by atoms with Crippen LogP contribution >= 0.6 is 0 Å². The molecule has 0 spiro atoms. The van der Waals surface area contributed by atoms with Crippen molar-refractivity contribution in [1.82, 2.24) is 0 Å². The van der Waals surface area contributed by atoms with Crippen LogP contribution < -0.4 is 0 Å². The van der Waals surface area contributed by atoms with Gasteiger partial charge in [-0.25, -0.2) is 0 Å². The molecule has 0 heterocycles. The fourth-order valence-electron chi connectivity index (χ4n) is 8.45. The van der Waals surface area contributed by atoms with Gasteiger partial charge in [-0.3, -0.25) is 14.4 Å². The Labute approximate surface area is 380 Å². The van der Waals surface area contributed by atoms with Gasteiger partial charge >= 0.3 is 17.9 Å². The third-order valence-corrected chi connectivity index (χ3v) is 12.6. The van der Waals surface area contributed by atoms with E-state index in [0.717, 1.165) is 57.8 Å². The normalized spacial score (nSPS) is 11.9. The lowest BCUT2D eigenvalue weighted by Gasteiger charge is -2.18. The number of ether oxygens (including phenoxy) is 3. The monoisotopic (exact) mass is 863 g/mol. The van der Waals surface area contributed by atoms with Crippen LogP contribution in [-0.2, 0) is 28.6 Å². The fourth-order valence-corrected chi connectivity index (χ4v) is 8.45. The molecular formula is C55H106O6. The van der Waals surface area contributed by atoms with Gasteiger partial charge in [-0.15, -0.1) is 0 Å². The molecule has 0 rings (SSSR count). The molecule has 0 radical (unpaired) electrons. The molecule has 6 heteroatoms. The molecule has 61 heavy (non-hydrogen) atoms. The van der Waals surface area contributed by atoms with E-state index in [1.807, 2.05) is 0 Å². The zero-order valence-corrected chi connectivity index (χ0v) is 41.5. The van der Waals surface area contributed by atoms with Gasteiger partial charge in [-0.1, -0.05) is 278 Å². The van der Waals surface area contributed by atoms with Crippen LogP contribution in [0.15, 0.2) is 0 Å². The lowest BCUT2D eigenvalue weighted by atomic mass is 10.0. The average molecular weight is 863 g/mol. The zero-order chi connectivity index (χ0) is 44.4. The number of esters is 3. The highest BCUT2D eigenvalue weighted by atomic mass is 16.6. The van der Waals surface area contributed by atoms with Crippen molar-refractivity contribution in [3.05, 3.63) is 0 Å². The van der Waals surface area contributed by atoms with Crippen LogP contribution in [-0.4, -0.2) is 37.2 Å². The first-order valence-corrected chi connectivity index (χ1v) is 27.5. The van der Waals surface area contributed by atoms with Gasteiger partial charge in [0.25, 0.3) is 0 Å². The minimum atomic E-state index is -0.760. The third kappa shape index (κ3) is 49.3. The van der Waals surface area contributed by atoms with E-state index >= 15 is 0 Å². The van der Waals surface area contributed by atoms with Gasteiger partial charge in [0.1, 0.15) is 13.2 Å². The maximum absolute atomic E-state index is 12.8. The lowest BCUT2D eigenvalue weighted by Crippen LogP contribution is -2.30. The molecule has 6 nitrogen and oxygen atoms in total. The van der Waals surface area contributed by atoms with E-state index in [0.29, 0.717) is 19.3 Å². The van der Waals surface area contributed by atoms with Gasteiger partial charge in [0.2, 0.25) is 0 Å². The Morgan fingerprint density at radius 3 is 0.656 bits per heavy atom. The molecule has 0 aliphatic rings. The Morgan fingerprint density at radius 2 is 0.443 bits per heavy atom. The smallest absolute Gasteiger partial charge is 0.306 e. The third-order valence-electron chi connectivity index (χ3n) is 12.6. The minimum Gasteiger partial charge on any atom is -0.462 e. The van der Waals surface area contributed by atoms with Crippen molar-refractivity contribution in [2.45, 2.75) is 322 Å². The lowest BCUT2D eigenvalue weighted by molar-refractivity contribution is -0.167. The summed E-state index contributed by atoms with van der Waals surface area (Å²) >= 11 is 0. The fraction of sp³-hybridized carbons (Fsp3) is 0.945. The van der Waals surface area contributed by atoms with Crippen LogP contribution in [0, 0.1) is 0 Å². The van der Waals surface area contributed by atoms with Crippen LogP contribution in [0.2, 0.25) is 0 Å². The summed E-state index contributed by atoms with van der Waals surface area (Å²) in [6.45, 7) is 6.69. The molecule has 0 N–H and O–H groups in total.